The van der Waals surface area contributed by atoms with Gasteiger partial charge in [-0.15, -0.1) is 0 Å². The van der Waals surface area contributed by atoms with Crippen molar-refractivity contribution in [2.75, 3.05) is 19.6 Å². The molecule has 1 atom stereocenters. The fraction of sp³-hybridized carbons (Fsp3) is 0.889. The van der Waals surface area contributed by atoms with Gasteiger partial charge in [-0.3, -0.25) is 4.79 Å². The average Bonchev–Trinajstić information content (AvgIpc) is 2.11. The van der Waals surface area contributed by atoms with E-state index in [0.29, 0.717) is 6.54 Å². The van der Waals surface area contributed by atoms with Crippen LogP contribution in [0.2, 0.25) is 0 Å². The van der Waals surface area contributed by atoms with E-state index in [1.54, 1.807) is 0 Å². The van der Waals surface area contributed by atoms with Crippen molar-refractivity contribution in [2.24, 2.45) is 11.5 Å². The zero-order valence-corrected chi connectivity index (χ0v) is 8.62. The van der Waals surface area contributed by atoms with Gasteiger partial charge in [-0.1, -0.05) is 20.3 Å². The van der Waals surface area contributed by atoms with Gasteiger partial charge in [0.15, 0.2) is 0 Å². The maximum atomic E-state index is 10.7. The highest BCUT2D eigenvalue weighted by atomic mass is 16.1. The second-order valence-corrected chi connectivity index (χ2v) is 3.26. The van der Waals surface area contributed by atoms with Crippen LogP contribution in [-0.2, 0) is 4.79 Å². The number of carbonyl (C=O) groups is 1. The highest BCUT2D eigenvalue weighted by molar-refractivity contribution is 5.79. The molecule has 13 heavy (non-hydrogen) atoms. The van der Waals surface area contributed by atoms with Gasteiger partial charge in [-0.2, -0.15) is 0 Å². The molecule has 0 aliphatic carbocycles. The van der Waals surface area contributed by atoms with Crippen molar-refractivity contribution in [3.8, 4) is 0 Å². The van der Waals surface area contributed by atoms with Crippen molar-refractivity contribution in [1.82, 2.24) is 4.90 Å². The molecule has 0 rings (SSSR count). The molecule has 0 aromatic carbocycles. The molecule has 4 N–H and O–H groups in total. The zero-order chi connectivity index (χ0) is 10.3. The molecule has 0 aliphatic heterocycles. The van der Waals surface area contributed by atoms with Crippen LogP contribution in [0.25, 0.3) is 0 Å². The topological polar surface area (TPSA) is 72.3 Å². The predicted octanol–water partition coefficient (Wildman–Crippen LogP) is -0.0790. The summed E-state index contributed by atoms with van der Waals surface area (Å²) in [5, 5.41) is 0. The molecule has 0 spiro atoms. The van der Waals surface area contributed by atoms with Gasteiger partial charge in [0, 0.05) is 6.54 Å². The van der Waals surface area contributed by atoms with E-state index in [0.717, 1.165) is 25.9 Å². The summed E-state index contributed by atoms with van der Waals surface area (Å²) in [6.07, 6.45) is 2.29. The Morgan fingerprint density at radius 3 is 2.46 bits per heavy atom. The lowest BCUT2D eigenvalue weighted by Gasteiger charge is -2.22. The van der Waals surface area contributed by atoms with Crippen LogP contribution in [0.4, 0.5) is 0 Å². The first-order chi connectivity index (χ1) is 6.11. The first kappa shape index (κ1) is 12.4. The van der Waals surface area contributed by atoms with E-state index < -0.39 is 11.9 Å². The second kappa shape index (κ2) is 6.86. The predicted molar refractivity (Wildman–Crippen MR) is 54.2 cm³/mol. The first-order valence-corrected chi connectivity index (χ1v) is 4.89. The monoisotopic (exact) mass is 187 g/mol. The van der Waals surface area contributed by atoms with Gasteiger partial charge in [-0.25, -0.2) is 0 Å². The Morgan fingerprint density at radius 2 is 2.08 bits per heavy atom. The first-order valence-electron chi connectivity index (χ1n) is 4.89. The highest BCUT2D eigenvalue weighted by Gasteiger charge is 2.12. The quantitative estimate of drug-likeness (QED) is 0.585. The lowest BCUT2D eigenvalue weighted by atomic mass is 10.2. The number of nitrogens with two attached hydrogens (primary N) is 2. The molecule has 1 unspecified atom stereocenters. The largest absolute Gasteiger partial charge is 0.368 e. The maximum Gasteiger partial charge on any atom is 0.235 e. The van der Waals surface area contributed by atoms with Gasteiger partial charge in [-0.05, 0) is 19.5 Å². The summed E-state index contributed by atoms with van der Waals surface area (Å²) in [6, 6.07) is -0.531. The zero-order valence-electron chi connectivity index (χ0n) is 8.62. The maximum absolute atomic E-state index is 10.7. The summed E-state index contributed by atoms with van der Waals surface area (Å²) >= 11 is 0. The number of likely N-dealkylation sites (N-methyl/N-ethyl adjacent to an activating group) is 1. The lowest BCUT2D eigenvalue weighted by molar-refractivity contribution is -0.119. The standard InChI is InChI=1S/C9H21N3O/c1-3-5-6-12(4-2)7-8(10)9(11)13/h8H,3-7,10H2,1-2H3,(H2,11,13). The smallest absolute Gasteiger partial charge is 0.235 e. The molecule has 0 aromatic heterocycles. The van der Waals surface area contributed by atoms with Crippen molar-refractivity contribution in [1.29, 1.82) is 0 Å². The molecule has 0 aliphatic rings. The second-order valence-electron chi connectivity index (χ2n) is 3.26. The van der Waals surface area contributed by atoms with E-state index in [4.69, 9.17) is 11.5 Å². The fourth-order valence-corrected chi connectivity index (χ4v) is 1.13. The van der Waals surface area contributed by atoms with E-state index in [-0.39, 0.29) is 0 Å². The number of rotatable bonds is 7. The van der Waals surface area contributed by atoms with Crippen molar-refractivity contribution in [3.05, 3.63) is 0 Å². The van der Waals surface area contributed by atoms with E-state index in [9.17, 15) is 4.79 Å². The molecule has 1 amide bonds. The van der Waals surface area contributed by atoms with Crippen molar-refractivity contribution in [3.63, 3.8) is 0 Å². The molecule has 0 saturated carbocycles. The molecule has 78 valence electrons. The third kappa shape index (κ3) is 5.60. The SMILES string of the molecule is CCCCN(CC)CC(N)C(N)=O. The van der Waals surface area contributed by atoms with Crippen LogP contribution in [0, 0.1) is 0 Å². The third-order valence-electron chi connectivity index (χ3n) is 2.10. The summed E-state index contributed by atoms with van der Waals surface area (Å²) in [4.78, 5) is 12.8. The molecular formula is C9H21N3O. The Kier molecular flexibility index (Phi) is 6.54. The minimum absolute atomic E-state index is 0.421. The Morgan fingerprint density at radius 1 is 1.46 bits per heavy atom. The molecule has 0 saturated heterocycles. The average molecular weight is 187 g/mol. The van der Waals surface area contributed by atoms with Gasteiger partial charge in [0.25, 0.3) is 0 Å². The van der Waals surface area contributed by atoms with Gasteiger partial charge < -0.3 is 16.4 Å². The van der Waals surface area contributed by atoms with Gasteiger partial charge >= 0.3 is 0 Å². The molecule has 0 heterocycles. The molecule has 0 bridgehead atoms. The summed E-state index contributed by atoms with van der Waals surface area (Å²) < 4.78 is 0. The number of carbonyl (C=O) groups excluding carboxylic acids is 1. The van der Waals surface area contributed by atoms with E-state index in [1.165, 1.54) is 0 Å². The van der Waals surface area contributed by atoms with Gasteiger partial charge in [0.1, 0.15) is 0 Å². The lowest BCUT2D eigenvalue weighted by Crippen LogP contribution is -2.46. The summed E-state index contributed by atoms with van der Waals surface area (Å²) in [6.45, 7) is 6.69. The third-order valence-corrected chi connectivity index (χ3v) is 2.10. The fourth-order valence-electron chi connectivity index (χ4n) is 1.13. The number of hydrogen-bond acceptors (Lipinski definition) is 3. The summed E-state index contributed by atoms with van der Waals surface area (Å²) in [5.74, 6) is -0.421. The Balaban J connectivity index is 3.75. The van der Waals surface area contributed by atoms with E-state index in [2.05, 4.69) is 18.7 Å². The molecular weight excluding hydrogens is 166 g/mol. The number of unbranched alkanes of at least 4 members (excludes halogenated alkanes) is 1. The van der Waals surface area contributed by atoms with Crippen molar-refractivity contribution < 1.29 is 4.79 Å². The van der Waals surface area contributed by atoms with Gasteiger partial charge in [0.2, 0.25) is 5.91 Å². The Labute approximate surface area is 80.3 Å². The number of amides is 1. The molecule has 4 heteroatoms. The van der Waals surface area contributed by atoms with Crippen molar-refractivity contribution in [2.45, 2.75) is 32.7 Å². The van der Waals surface area contributed by atoms with Crippen LogP contribution < -0.4 is 11.5 Å². The van der Waals surface area contributed by atoms with Gasteiger partial charge in [0.05, 0.1) is 6.04 Å². The summed E-state index contributed by atoms with van der Waals surface area (Å²) in [5.41, 5.74) is 10.6. The minimum atomic E-state index is -0.531. The normalized spacial score (nSPS) is 13.2. The van der Waals surface area contributed by atoms with E-state index in [1.807, 2.05) is 0 Å². The molecule has 0 fully saturated rings. The number of primary amides is 1. The molecule has 4 nitrogen and oxygen atoms in total. The Hall–Kier alpha value is -0.610. The highest BCUT2D eigenvalue weighted by Crippen LogP contribution is 1.95. The van der Waals surface area contributed by atoms with Crippen LogP contribution in [0.15, 0.2) is 0 Å². The van der Waals surface area contributed by atoms with Crippen LogP contribution in [0.5, 0.6) is 0 Å². The van der Waals surface area contributed by atoms with Crippen LogP contribution in [0.1, 0.15) is 26.7 Å². The van der Waals surface area contributed by atoms with Crippen molar-refractivity contribution >= 4 is 5.91 Å². The molecule has 0 aromatic rings. The van der Waals surface area contributed by atoms with Crippen LogP contribution in [0.3, 0.4) is 0 Å². The minimum Gasteiger partial charge on any atom is -0.368 e. The van der Waals surface area contributed by atoms with Crippen LogP contribution in [-0.4, -0.2) is 36.5 Å². The molecule has 0 radical (unpaired) electrons. The number of nitrogens with zero attached hydrogens (tertiary/aromatic N) is 1. The Bertz CT molecular complexity index is 150. The summed E-state index contributed by atoms with van der Waals surface area (Å²) in [7, 11) is 0. The van der Waals surface area contributed by atoms with E-state index >= 15 is 0 Å². The van der Waals surface area contributed by atoms with Crippen LogP contribution >= 0.6 is 0 Å². The number of hydrogen-bond donors (Lipinski definition) is 2.